The third-order valence-electron chi connectivity index (χ3n) is 9.42. The summed E-state index contributed by atoms with van der Waals surface area (Å²) in [5.74, 6) is 1.32. The van der Waals surface area contributed by atoms with Crippen LogP contribution in [-0.4, -0.2) is 74.8 Å². The molecule has 2 aliphatic rings. The summed E-state index contributed by atoms with van der Waals surface area (Å²) < 4.78 is 8.48. The van der Waals surface area contributed by atoms with E-state index in [2.05, 4.69) is 30.8 Å². The van der Waals surface area contributed by atoms with Crippen LogP contribution >= 0.6 is 22.9 Å². The molecule has 0 radical (unpaired) electrons. The maximum atomic E-state index is 14.0. The second-order valence-electron chi connectivity index (χ2n) is 12.5. The number of fused-ring (bicyclic) bond motifs is 2. The number of likely N-dealkylation sites (tertiary alicyclic amines) is 1. The Bertz CT molecular complexity index is 2150. The third-order valence-corrected chi connectivity index (χ3v) is 10.7. The van der Waals surface area contributed by atoms with Crippen molar-refractivity contribution in [3.63, 3.8) is 0 Å². The number of rotatable bonds is 10. The highest BCUT2D eigenvalue weighted by atomic mass is 35.5. The number of thiophene rings is 1. The predicted octanol–water partition coefficient (Wildman–Crippen LogP) is 5.99. The standard InChI is InChI=1S/C35H34ClN7O4S/c1-20-40-28-17-39-33(41(2)23-8-11-42(12-9-23)18-21-3-4-21)26(16-37)30(28)34(44)43(20)13-14-47-29-6-5-22(36)15-25(29)24-7-10-38-31-27(35(45)46)19-48-32(24)31/h5-7,10,15,17,19,21,23H,3-4,8-9,11-14,18H2,1-2H3,(H,45,46). The van der Waals surface area contributed by atoms with Gasteiger partial charge in [-0.05, 0) is 62.8 Å². The first-order valence-electron chi connectivity index (χ1n) is 16.0. The second-order valence-corrected chi connectivity index (χ2v) is 13.8. The summed E-state index contributed by atoms with van der Waals surface area (Å²) >= 11 is 7.68. The van der Waals surface area contributed by atoms with E-state index in [0.29, 0.717) is 43.7 Å². The van der Waals surface area contributed by atoms with Crippen LogP contribution in [0.3, 0.4) is 0 Å². The molecular formula is C35H34ClN7O4S. The Morgan fingerprint density at radius 1 is 1.19 bits per heavy atom. The van der Waals surface area contributed by atoms with Gasteiger partial charge in [-0.25, -0.2) is 14.8 Å². The molecule has 1 saturated heterocycles. The number of carboxylic acid groups (broad SMARTS) is 1. The first-order chi connectivity index (χ1) is 23.2. The molecule has 0 unspecified atom stereocenters. The first-order valence-corrected chi connectivity index (χ1v) is 17.3. The van der Waals surface area contributed by atoms with Gasteiger partial charge in [0.1, 0.15) is 35.6 Å². The number of nitriles is 1. The Morgan fingerprint density at radius 2 is 1.98 bits per heavy atom. The van der Waals surface area contributed by atoms with E-state index in [1.54, 1.807) is 49.0 Å². The van der Waals surface area contributed by atoms with Crippen LogP contribution in [0.2, 0.25) is 5.02 Å². The van der Waals surface area contributed by atoms with Crippen LogP contribution < -0.4 is 15.2 Å². The van der Waals surface area contributed by atoms with Gasteiger partial charge >= 0.3 is 5.97 Å². The number of halogens is 1. The van der Waals surface area contributed by atoms with E-state index in [1.165, 1.54) is 35.3 Å². The number of aromatic carboxylic acids is 1. The van der Waals surface area contributed by atoms with E-state index in [0.717, 1.165) is 37.4 Å². The zero-order chi connectivity index (χ0) is 33.5. The molecule has 1 aliphatic heterocycles. The molecule has 0 spiro atoms. The fourth-order valence-corrected chi connectivity index (χ4v) is 7.86. The van der Waals surface area contributed by atoms with Gasteiger partial charge in [-0.15, -0.1) is 11.3 Å². The highest BCUT2D eigenvalue weighted by Crippen LogP contribution is 2.39. The molecule has 0 amide bonds. The van der Waals surface area contributed by atoms with Crippen LogP contribution in [0.1, 0.15) is 47.4 Å². The van der Waals surface area contributed by atoms with E-state index in [1.807, 2.05) is 7.05 Å². The van der Waals surface area contributed by atoms with Crippen molar-refractivity contribution in [2.24, 2.45) is 5.92 Å². The van der Waals surface area contributed by atoms with E-state index in [-0.39, 0.29) is 41.3 Å². The quantitative estimate of drug-likeness (QED) is 0.187. The number of carbonyl (C=O) groups is 1. The van der Waals surface area contributed by atoms with Crippen LogP contribution in [0, 0.1) is 24.2 Å². The van der Waals surface area contributed by atoms with Gasteiger partial charge in [0.15, 0.2) is 0 Å². The summed E-state index contributed by atoms with van der Waals surface area (Å²) in [4.78, 5) is 43.9. The highest BCUT2D eigenvalue weighted by molar-refractivity contribution is 7.18. The van der Waals surface area contributed by atoms with Gasteiger partial charge in [0, 0.05) is 60.5 Å². The summed E-state index contributed by atoms with van der Waals surface area (Å²) in [7, 11) is 1.96. The highest BCUT2D eigenvalue weighted by Gasteiger charge is 2.30. The lowest BCUT2D eigenvalue weighted by molar-refractivity contribution is 0.0699. The van der Waals surface area contributed by atoms with Crippen molar-refractivity contribution in [3.8, 4) is 22.9 Å². The molecule has 246 valence electrons. The summed E-state index contributed by atoms with van der Waals surface area (Å²) in [5, 5.41) is 22.2. The zero-order valence-corrected chi connectivity index (χ0v) is 28.2. The third kappa shape index (κ3) is 6.09. The lowest BCUT2D eigenvalue weighted by Crippen LogP contribution is -2.44. The average Bonchev–Trinajstić information content (AvgIpc) is 3.79. The number of hydrogen-bond donors (Lipinski definition) is 1. The summed E-state index contributed by atoms with van der Waals surface area (Å²) in [6.07, 6.45) is 7.80. The van der Waals surface area contributed by atoms with Crippen molar-refractivity contribution in [2.45, 2.75) is 45.2 Å². The minimum absolute atomic E-state index is 0.126. The first kappa shape index (κ1) is 32.0. The van der Waals surface area contributed by atoms with Crippen molar-refractivity contribution in [2.75, 3.05) is 38.2 Å². The van der Waals surface area contributed by atoms with E-state index in [9.17, 15) is 20.0 Å². The molecule has 7 rings (SSSR count). The maximum absolute atomic E-state index is 14.0. The molecule has 2 fully saturated rings. The minimum atomic E-state index is -1.04. The molecule has 1 aromatic carbocycles. The number of carboxylic acids is 1. The molecule has 48 heavy (non-hydrogen) atoms. The number of hydrogen-bond acceptors (Lipinski definition) is 10. The number of piperidine rings is 1. The van der Waals surface area contributed by atoms with Gasteiger partial charge in [0.05, 0.1) is 39.4 Å². The zero-order valence-electron chi connectivity index (χ0n) is 26.6. The molecule has 5 aromatic rings. The van der Waals surface area contributed by atoms with Gasteiger partial charge in [-0.1, -0.05) is 11.6 Å². The molecule has 4 aromatic heterocycles. The van der Waals surface area contributed by atoms with Crippen molar-refractivity contribution in [1.82, 2.24) is 24.4 Å². The topological polar surface area (TPSA) is 137 Å². The molecular weight excluding hydrogens is 650 g/mol. The monoisotopic (exact) mass is 683 g/mol. The SMILES string of the molecule is Cc1nc2cnc(N(C)C3CCN(CC4CC4)CC3)c(C#N)c2c(=O)n1CCOc1ccc(Cl)cc1-c1ccnc2c(C(=O)O)csc12. The Balaban J connectivity index is 1.14. The molecule has 1 saturated carbocycles. The Labute approximate surface area is 286 Å². The van der Waals surface area contributed by atoms with Crippen LogP contribution in [0.25, 0.3) is 32.2 Å². The molecule has 11 nitrogen and oxygen atoms in total. The number of pyridine rings is 2. The van der Waals surface area contributed by atoms with Crippen molar-refractivity contribution >= 4 is 55.8 Å². The average molecular weight is 684 g/mol. The van der Waals surface area contributed by atoms with Gasteiger partial charge < -0.3 is 19.6 Å². The van der Waals surface area contributed by atoms with Gasteiger partial charge in [-0.2, -0.15) is 5.26 Å². The fourth-order valence-electron chi connectivity index (χ4n) is 6.66. The molecule has 5 heterocycles. The van der Waals surface area contributed by atoms with Gasteiger partial charge in [0.25, 0.3) is 5.56 Å². The van der Waals surface area contributed by atoms with Crippen LogP contribution in [-0.2, 0) is 6.54 Å². The predicted molar refractivity (Wildman–Crippen MR) is 186 cm³/mol. The number of ether oxygens (including phenoxy) is 1. The second kappa shape index (κ2) is 13.1. The molecule has 0 bridgehead atoms. The molecule has 1 N–H and O–H groups in total. The summed E-state index contributed by atoms with van der Waals surface area (Å²) in [6.45, 7) is 5.28. The van der Waals surface area contributed by atoms with E-state index in [4.69, 9.17) is 16.3 Å². The van der Waals surface area contributed by atoms with E-state index >= 15 is 0 Å². The summed E-state index contributed by atoms with van der Waals surface area (Å²) in [6, 6.07) is 9.53. The Kier molecular flexibility index (Phi) is 8.76. The van der Waals surface area contributed by atoms with Gasteiger partial charge in [0.2, 0.25) is 0 Å². The number of benzene rings is 1. The van der Waals surface area contributed by atoms with Gasteiger partial charge in [-0.3, -0.25) is 14.3 Å². The van der Waals surface area contributed by atoms with Crippen molar-refractivity contribution in [1.29, 1.82) is 5.26 Å². The lowest BCUT2D eigenvalue weighted by atomic mass is 10.0. The van der Waals surface area contributed by atoms with Crippen molar-refractivity contribution in [3.05, 3.63) is 74.4 Å². The lowest BCUT2D eigenvalue weighted by Gasteiger charge is -2.37. The number of aryl methyl sites for hydroxylation is 1. The number of anilines is 1. The smallest absolute Gasteiger partial charge is 0.338 e. The van der Waals surface area contributed by atoms with Crippen molar-refractivity contribution < 1.29 is 14.6 Å². The number of aromatic nitrogens is 4. The normalized spacial score (nSPS) is 15.5. The molecule has 1 aliphatic carbocycles. The summed E-state index contributed by atoms with van der Waals surface area (Å²) in [5.41, 5.74) is 2.26. The van der Waals surface area contributed by atoms with Crippen LogP contribution in [0.15, 0.2) is 46.8 Å². The largest absolute Gasteiger partial charge is 0.491 e. The fraction of sp³-hybridized carbons (Fsp3) is 0.371. The Hall–Kier alpha value is -4.57. The Morgan fingerprint density at radius 3 is 2.71 bits per heavy atom. The number of nitrogens with zero attached hydrogens (tertiary/aromatic N) is 7. The van der Waals surface area contributed by atoms with Crippen LogP contribution in [0.5, 0.6) is 5.75 Å². The van der Waals surface area contributed by atoms with E-state index < -0.39 is 5.97 Å². The minimum Gasteiger partial charge on any atom is -0.491 e. The molecule has 13 heteroatoms. The van der Waals surface area contributed by atoms with Crippen LogP contribution in [0.4, 0.5) is 5.82 Å². The molecule has 0 atom stereocenters. The maximum Gasteiger partial charge on any atom is 0.338 e.